The van der Waals surface area contributed by atoms with E-state index in [1.54, 1.807) is 13.8 Å². The predicted octanol–water partition coefficient (Wildman–Crippen LogP) is -1.53. The van der Waals surface area contributed by atoms with Gasteiger partial charge < -0.3 is 43.4 Å². The number of hydrogen-bond donors (Lipinski definition) is 8. The molecule has 4 unspecified atom stereocenters. The fourth-order valence-corrected chi connectivity index (χ4v) is 3.29. The summed E-state index contributed by atoms with van der Waals surface area (Å²) >= 11 is 0. The quantitative estimate of drug-likeness (QED) is 0.0630. The van der Waals surface area contributed by atoms with Gasteiger partial charge in [0, 0.05) is 6.54 Å². The van der Waals surface area contributed by atoms with Crippen molar-refractivity contribution in [1.29, 1.82) is 0 Å². The molecule has 0 aliphatic rings. The van der Waals surface area contributed by atoms with Crippen LogP contribution >= 0.6 is 0 Å². The second kappa shape index (κ2) is 16.3. The van der Waals surface area contributed by atoms with E-state index < -0.39 is 60.2 Å². The zero-order valence-corrected chi connectivity index (χ0v) is 21.3. The van der Waals surface area contributed by atoms with E-state index in [4.69, 9.17) is 22.3 Å². The monoisotopic (exact) mass is 515 g/mol. The molecule has 0 heterocycles. The summed E-state index contributed by atoms with van der Waals surface area (Å²) in [6.45, 7) is 7.58. The van der Waals surface area contributed by atoms with Crippen LogP contribution in [-0.4, -0.2) is 76.5 Å². The van der Waals surface area contributed by atoms with Crippen LogP contribution in [0.4, 0.5) is 0 Å². The molecular weight excluding hydrogens is 474 g/mol. The topological polar surface area (TPSA) is 252 Å². The van der Waals surface area contributed by atoms with Crippen LogP contribution in [0, 0.1) is 11.8 Å². The SMILES string of the molecule is CC(C)CC(N)C(=O)NC(CCCN=C(N)N)C(=O)NC(CC(C)C)C(=O)NC(CC(=O)O)C(=O)O. The standard InChI is InChI=1S/C22H41N7O7/c1-11(2)8-13(23)18(32)27-14(6-5-7-26-22(24)25)19(33)28-15(9-12(3)4)20(34)29-16(21(35)36)10-17(30)31/h11-16H,5-10,23H2,1-4H3,(H,27,32)(H,28,33)(H,29,34)(H,30,31)(H,35,36)(H4,24,25,26). The molecule has 0 saturated carbocycles. The van der Waals surface area contributed by atoms with Crippen LogP contribution in [0.1, 0.15) is 59.8 Å². The Balaban J connectivity index is 5.63. The van der Waals surface area contributed by atoms with Gasteiger partial charge >= 0.3 is 11.9 Å². The van der Waals surface area contributed by atoms with Gasteiger partial charge in [-0.15, -0.1) is 0 Å². The number of aliphatic imine (C=N–C) groups is 1. The van der Waals surface area contributed by atoms with Crippen molar-refractivity contribution in [2.45, 2.75) is 84.0 Å². The molecule has 3 amide bonds. The highest BCUT2D eigenvalue weighted by molar-refractivity contribution is 5.94. The van der Waals surface area contributed by atoms with Crippen molar-refractivity contribution in [1.82, 2.24) is 16.0 Å². The Labute approximate surface area is 210 Å². The number of guanidine groups is 1. The molecule has 0 bridgehead atoms. The second-order valence-corrected chi connectivity index (χ2v) is 9.43. The van der Waals surface area contributed by atoms with E-state index in [1.165, 1.54) is 0 Å². The van der Waals surface area contributed by atoms with Crippen molar-refractivity contribution in [2.24, 2.45) is 34.0 Å². The molecule has 0 aromatic heterocycles. The Kier molecular flexibility index (Phi) is 14.7. The zero-order valence-electron chi connectivity index (χ0n) is 21.3. The van der Waals surface area contributed by atoms with Gasteiger partial charge in [-0.3, -0.25) is 24.2 Å². The summed E-state index contributed by atoms with van der Waals surface area (Å²) in [5.41, 5.74) is 16.6. The minimum absolute atomic E-state index is 0.0850. The number of rotatable bonds is 17. The number of nitrogens with two attached hydrogens (primary N) is 3. The lowest BCUT2D eigenvalue weighted by Crippen LogP contribution is -2.57. The molecule has 0 aliphatic carbocycles. The number of carbonyl (C=O) groups is 5. The van der Waals surface area contributed by atoms with Crippen molar-refractivity contribution in [3.63, 3.8) is 0 Å². The first kappa shape index (κ1) is 32.6. The summed E-state index contributed by atoms with van der Waals surface area (Å²) in [6, 6.07) is -4.76. The van der Waals surface area contributed by atoms with Gasteiger partial charge in [0.1, 0.15) is 18.1 Å². The van der Waals surface area contributed by atoms with Crippen LogP contribution < -0.4 is 33.2 Å². The first-order valence-corrected chi connectivity index (χ1v) is 11.8. The average Bonchev–Trinajstić information content (AvgIpc) is 2.73. The van der Waals surface area contributed by atoms with E-state index in [9.17, 15) is 29.1 Å². The normalized spacial score (nSPS) is 14.3. The minimum Gasteiger partial charge on any atom is -0.481 e. The molecule has 0 radical (unpaired) electrons. The number of aliphatic carboxylic acids is 2. The maximum Gasteiger partial charge on any atom is 0.326 e. The van der Waals surface area contributed by atoms with Gasteiger partial charge in [0.2, 0.25) is 17.7 Å². The van der Waals surface area contributed by atoms with Gasteiger partial charge in [-0.2, -0.15) is 0 Å². The number of nitrogens with zero attached hydrogens (tertiary/aromatic N) is 1. The van der Waals surface area contributed by atoms with E-state index in [0.717, 1.165) is 0 Å². The lowest BCUT2D eigenvalue weighted by molar-refractivity contribution is -0.147. The fourth-order valence-electron chi connectivity index (χ4n) is 3.29. The third-order valence-corrected chi connectivity index (χ3v) is 4.97. The Bertz CT molecular complexity index is 798. The van der Waals surface area contributed by atoms with Crippen molar-refractivity contribution in [2.75, 3.05) is 6.54 Å². The van der Waals surface area contributed by atoms with Crippen molar-refractivity contribution >= 4 is 35.6 Å². The molecule has 0 fully saturated rings. The van der Waals surface area contributed by atoms with Gasteiger partial charge in [0.25, 0.3) is 0 Å². The molecule has 14 nitrogen and oxygen atoms in total. The zero-order chi connectivity index (χ0) is 28.0. The molecule has 0 rings (SSSR count). The molecule has 0 aliphatic heterocycles. The smallest absolute Gasteiger partial charge is 0.326 e. The highest BCUT2D eigenvalue weighted by Gasteiger charge is 2.31. The van der Waals surface area contributed by atoms with Crippen LogP contribution in [0.25, 0.3) is 0 Å². The van der Waals surface area contributed by atoms with E-state index in [-0.39, 0.29) is 37.2 Å². The molecule has 36 heavy (non-hydrogen) atoms. The molecule has 4 atom stereocenters. The average molecular weight is 516 g/mol. The summed E-state index contributed by atoms with van der Waals surface area (Å²) in [5, 5.41) is 25.4. The minimum atomic E-state index is -1.68. The van der Waals surface area contributed by atoms with Crippen LogP contribution in [0.5, 0.6) is 0 Å². The Morgan fingerprint density at radius 1 is 0.778 bits per heavy atom. The molecule has 0 aromatic rings. The first-order chi connectivity index (χ1) is 16.6. The van der Waals surface area contributed by atoms with Crippen LogP contribution in [0.15, 0.2) is 4.99 Å². The highest BCUT2D eigenvalue weighted by atomic mass is 16.4. The van der Waals surface area contributed by atoms with Crippen LogP contribution in [0.3, 0.4) is 0 Å². The maximum atomic E-state index is 13.1. The van der Waals surface area contributed by atoms with Gasteiger partial charge in [-0.1, -0.05) is 27.7 Å². The number of nitrogens with one attached hydrogen (secondary N) is 3. The molecule has 0 spiro atoms. The van der Waals surface area contributed by atoms with E-state index in [0.29, 0.717) is 12.8 Å². The number of carboxylic acid groups (broad SMARTS) is 2. The van der Waals surface area contributed by atoms with Gasteiger partial charge in [-0.25, -0.2) is 4.79 Å². The third kappa shape index (κ3) is 14.1. The molecule has 0 aromatic carbocycles. The molecule has 0 saturated heterocycles. The Morgan fingerprint density at radius 3 is 1.75 bits per heavy atom. The Morgan fingerprint density at radius 2 is 1.28 bits per heavy atom. The van der Waals surface area contributed by atoms with Crippen LogP contribution in [0.2, 0.25) is 0 Å². The van der Waals surface area contributed by atoms with Crippen molar-refractivity contribution in [3.8, 4) is 0 Å². The first-order valence-electron chi connectivity index (χ1n) is 11.8. The van der Waals surface area contributed by atoms with E-state index >= 15 is 0 Å². The summed E-state index contributed by atoms with van der Waals surface area (Å²) in [5.74, 6) is -5.07. The molecule has 11 N–H and O–H groups in total. The van der Waals surface area contributed by atoms with Gasteiger partial charge in [0.15, 0.2) is 5.96 Å². The summed E-state index contributed by atoms with van der Waals surface area (Å²) < 4.78 is 0. The summed E-state index contributed by atoms with van der Waals surface area (Å²) in [7, 11) is 0. The van der Waals surface area contributed by atoms with Gasteiger partial charge in [-0.05, 0) is 37.5 Å². The number of hydrogen-bond acceptors (Lipinski definition) is 7. The fraction of sp³-hybridized carbons (Fsp3) is 0.727. The molecule has 206 valence electrons. The largest absolute Gasteiger partial charge is 0.481 e. The second-order valence-electron chi connectivity index (χ2n) is 9.43. The number of carboxylic acids is 2. The highest BCUT2D eigenvalue weighted by Crippen LogP contribution is 2.09. The summed E-state index contributed by atoms with van der Waals surface area (Å²) in [6.07, 6.45) is 0.165. The lowest BCUT2D eigenvalue weighted by atomic mass is 10.0. The third-order valence-electron chi connectivity index (χ3n) is 4.97. The maximum absolute atomic E-state index is 13.1. The van der Waals surface area contributed by atoms with E-state index in [2.05, 4.69) is 20.9 Å². The molecular formula is C22H41N7O7. The number of amides is 3. The predicted molar refractivity (Wildman–Crippen MR) is 132 cm³/mol. The Hall–Kier alpha value is -3.42. The van der Waals surface area contributed by atoms with E-state index in [1.807, 2.05) is 13.8 Å². The molecule has 14 heteroatoms. The number of carbonyl (C=O) groups excluding carboxylic acids is 3. The van der Waals surface area contributed by atoms with Gasteiger partial charge in [0.05, 0.1) is 12.5 Å². The summed E-state index contributed by atoms with van der Waals surface area (Å²) in [4.78, 5) is 64.6. The van der Waals surface area contributed by atoms with Crippen LogP contribution in [-0.2, 0) is 24.0 Å². The lowest BCUT2D eigenvalue weighted by Gasteiger charge is -2.26. The van der Waals surface area contributed by atoms with Crippen molar-refractivity contribution in [3.05, 3.63) is 0 Å². The van der Waals surface area contributed by atoms with Crippen molar-refractivity contribution < 1.29 is 34.2 Å².